The van der Waals surface area contributed by atoms with Crippen molar-refractivity contribution in [3.63, 3.8) is 0 Å². The van der Waals surface area contributed by atoms with Gasteiger partial charge < -0.3 is 10.1 Å². The third-order valence-electron chi connectivity index (χ3n) is 4.18. The normalized spacial score (nSPS) is 17.2. The van der Waals surface area contributed by atoms with E-state index < -0.39 is 0 Å². The van der Waals surface area contributed by atoms with Gasteiger partial charge in [-0.2, -0.15) is 0 Å². The first-order chi connectivity index (χ1) is 10.1. The standard InChI is InChI=1S/C19H23NO/c1-13-4-6-16(7-5-13)12-20-17-8-9-21-18-11-14(2)10-15(3)19(17)18/h4-7,10-11,17,20H,8-9,12H2,1-3H3. The lowest BCUT2D eigenvalue weighted by molar-refractivity contribution is 0.251. The summed E-state index contributed by atoms with van der Waals surface area (Å²) in [6, 6.07) is 13.5. The van der Waals surface area contributed by atoms with E-state index in [1.807, 2.05) is 0 Å². The van der Waals surface area contributed by atoms with Crippen molar-refractivity contribution in [3.05, 3.63) is 64.2 Å². The highest BCUT2D eigenvalue weighted by molar-refractivity contribution is 5.46. The Morgan fingerprint density at radius 1 is 1.05 bits per heavy atom. The molecule has 0 radical (unpaired) electrons. The fourth-order valence-corrected chi connectivity index (χ4v) is 3.09. The van der Waals surface area contributed by atoms with Gasteiger partial charge in [0.25, 0.3) is 0 Å². The highest BCUT2D eigenvalue weighted by Gasteiger charge is 2.23. The molecule has 0 fully saturated rings. The molecule has 2 heteroatoms. The largest absolute Gasteiger partial charge is 0.493 e. The van der Waals surface area contributed by atoms with Crippen LogP contribution in [0.1, 0.15) is 40.3 Å². The second-order valence-electron chi connectivity index (χ2n) is 6.05. The number of hydrogen-bond donors (Lipinski definition) is 1. The molecule has 0 spiro atoms. The summed E-state index contributed by atoms with van der Waals surface area (Å²) >= 11 is 0. The Morgan fingerprint density at radius 3 is 2.57 bits per heavy atom. The van der Waals surface area contributed by atoms with Crippen LogP contribution in [0.15, 0.2) is 36.4 Å². The zero-order valence-electron chi connectivity index (χ0n) is 13.1. The minimum absolute atomic E-state index is 0.385. The quantitative estimate of drug-likeness (QED) is 0.909. The molecule has 0 saturated carbocycles. The molecule has 0 bridgehead atoms. The van der Waals surface area contributed by atoms with Crippen LogP contribution in [0.5, 0.6) is 5.75 Å². The predicted molar refractivity (Wildman–Crippen MR) is 86.8 cm³/mol. The number of hydrogen-bond acceptors (Lipinski definition) is 2. The second-order valence-corrected chi connectivity index (χ2v) is 6.05. The highest BCUT2D eigenvalue weighted by atomic mass is 16.5. The number of ether oxygens (including phenoxy) is 1. The molecule has 1 aliphatic heterocycles. The third-order valence-corrected chi connectivity index (χ3v) is 4.18. The lowest BCUT2D eigenvalue weighted by Gasteiger charge is -2.29. The van der Waals surface area contributed by atoms with Crippen LogP contribution in [0.3, 0.4) is 0 Å². The van der Waals surface area contributed by atoms with Gasteiger partial charge in [-0.3, -0.25) is 0 Å². The second kappa shape index (κ2) is 5.90. The molecule has 0 amide bonds. The number of nitrogens with one attached hydrogen (secondary N) is 1. The molecule has 2 aromatic carbocycles. The molecule has 21 heavy (non-hydrogen) atoms. The molecule has 1 unspecified atom stereocenters. The molecule has 0 saturated heterocycles. The topological polar surface area (TPSA) is 21.3 Å². The molecule has 1 atom stereocenters. The first kappa shape index (κ1) is 14.2. The first-order valence-corrected chi connectivity index (χ1v) is 7.66. The summed E-state index contributed by atoms with van der Waals surface area (Å²) in [5, 5.41) is 3.69. The SMILES string of the molecule is Cc1ccc(CNC2CCOc3cc(C)cc(C)c32)cc1. The summed E-state index contributed by atoms with van der Waals surface area (Å²) in [6.45, 7) is 8.12. The van der Waals surface area contributed by atoms with Crippen LogP contribution in [-0.2, 0) is 6.54 Å². The van der Waals surface area contributed by atoms with E-state index in [1.165, 1.54) is 27.8 Å². The maximum Gasteiger partial charge on any atom is 0.124 e. The molecular formula is C19H23NO. The van der Waals surface area contributed by atoms with Gasteiger partial charge in [-0.1, -0.05) is 35.9 Å². The minimum atomic E-state index is 0.385. The van der Waals surface area contributed by atoms with Crippen LogP contribution in [0.4, 0.5) is 0 Å². The van der Waals surface area contributed by atoms with E-state index in [2.05, 4.69) is 62.5 Å². The Balaban J connectivity index is 1.77. The highest BCUT2D eigenvalue weighted by Crippen LogP contribution is 2.35. The van der Waals surface area contributed by atoms with E-state index >= 15 is 0 Å². The van der Waals surface area contributed by atoms with Gasteiger partial charge in [-0.05, 0) is 43.5 Å². The lowest BCUT2D eigenvalue weighted by Crippen LogP contribution is -2.27. The van der Waals surface area contributed by atoms with Crippen molar-refractivity contribution in [2.24, 2.45) is 0 Å². The third kappa shape index (κ3) is 3.11. The van der Waals surface area contributed by atoms with Crippen LogP contribution in [0.25, 0.3) is 0 Å². The van der Waals surface area contributed by atoms with Crippen molar-refractivity contribution < 1.29 is 4.74 Å². The number of aryl methyl sites for hydroxylation is 3. The van der Waals surface area contributed by atoms with E-state index in [1.54, 1.807) is 0 Å². The van der Waals surface area contributed by atoms with Gasteiger partial charge in [0.1, 0.15) is 5.75 Å². The average molecular weight is 281 g/mol. The van der Waals surface area contributed by atoms with Gasteiger partial charge in [0, 0.05) is 24.6 Å². The molecule has 110 valence electrons. The van der Waals surface area contributed by atoms with Gasteiger partial charge in [-0.15, -0.1) is 0 Å². The van der Waals surface area contributed by atoms with Gasteiger partial charge >= 0.3 is 0 Å². The lowest BCUT2D eigenvalue weighted by atomic mass is 9.94. The van der Waals surface area contributed by atoms with E-state index in [0.717, 1.165) is 25.3 Å². The Morgan fingerprint density at radius 2 is 1.81 bits per heavy atom. The van der Waals surface area contributed by atoms with Crippen molar-refractivity contribution in [3.8, 4) is 5.75 Å². The van der Waals surface area contributed by atoms with Crippen molar-refractivity contribution in [1.82, 2.24) is 5.32 Å². The Hall–Kier alpha value is -1.80. The maximum atomic E-state index is 5.84. The monoisotopic (exact) mass is 281 g/mol. The van der Waals surface area contributed by atoms with Crippen molar-refractivity contribution in [1.29, 1.82) is 0 Å². The van der Waals surface area contributed by atoms with Crippen LogP contribution in [0.2, 0.25) is 0 Å². The Bertz CT molecular complexity index is 631. The van der Waals surface area contributed by atoms with Gasteiger partial charge in [0.15, 0.2) is 0 Å². The van der Waals surface area contributed by atoms with Crippen LogP contribution in [-0.4, -0.2) is 6.61 Å². The summed E-state index contributed by atoms with van der Waals surface area (Å²) in [7, 11) is 0. The Kier molecular flexibility index (Phi) is 3.98. The molecule has 0 aromatic heterocycles. The van der Waals surface area contributed by atoms with Gasteiger partial charge in [0.05, 0.1) is 6.61 Å². The van der Waals surface area contributed by atoms with E-state index in [0.29, 0.717) is 6.04 Å². The molecule has 2 nitrogen and oxygen atoms in total. The van der Waals surface area contributed by atoms with Crippen LogP contribution in [0, 0.1) is 20.8 Å². The fraction of sp³-hybridized carbons (Fsp3) is 0.368. The molecule has 1 aliphatic rings. The molecule has 3 rings (SSSR count). The maximum absolute atomic E-state index is 5.84. The zero-order valence-corrected chi connectivity index (χ0v) is 13.1. The minimum Gasteiger partial charge on any atom is -0.493 e. The predicted octanol–water partition coefficient (Wildman–Crippen LogP) is 4.23. The summed E-state index contributed by atoms with van der Waals surface area (Å²) in [5.41, 5.74) is 6.57. The Labute approximate surface area is 127 Å². The molecule has 1 heterocycles. The van der Waals surface area contributed by atoms with Crippen molar-refractivity contribution in [2.75, 3.05) is 6.61 Å². The van der Waals surface area contributed by atoms with Gasteiger partial charge in [-0.25, -0.2) is 0 Å². The molecule has 1 N–H and O–H groups in total. The number of benzene rings is 2. The summed E-state index contributed by atoms with van der Waals surface area (Å²) in [6.07, 6.45) is 1.03. The smallest absolute Gasteiger partial charge is 0.124 e. The molecule has 2 aromatic rings. The fourth-order valence-electron chi connectivity index (χ4n) is 3.09. The average Bonchev–Trinajstić information content (AvgIpc) is 2.46. The first-order valence-electron chi connectivity index (χ1n) is 7.66. The summed E-state index contributed by atoms with van der Waals surface area (Å²) in [5.74, 6) is 1.06. The van der Waals surface area contributed by atoms with Crippen LogP contribution >= 0.6 is 0 Å². The van der Waals surface area contributed by atoms with Crippen LogP contribution < -0.4 is 10.1 Å². The van der Waals surface area contributed by atoms with Crippen molar-refractivity contribution >= 4 is 0 Å². The zero-order chi connectivity index (χ0) is 14.8. The van der Waals surface area contributed by atoms with E-state index in [-0.39, 0.29) is 0 Å². The number of fused-ring (bicyclic) bond motifs is 1. The molecular weight excluding hydrogens is 258 g/mol. The summed E-state index contributed by atoms with van der Waals surface area (Å²) < 4.78 is 5.84. The van der Waals surface area contributed by atoms with E-state index in [4.69, 9.17) is 4.74 Å². The van der Waals surface area contributed by atoms with Crippen molar-refractivity contribution in [2.45, 2.75) is 39.8 Å². The number of rotatable bonds is 3. The molecule has 0 aliphatic carbocycles. The van der Waals surface area contributed by atoms with E-state index in [9.17, 15) is 0 Å². The summed E-state index contributed by atoms with van der Waals surface area (Å²) in [4.78, 5) is 0. The van der Waals surface area contributed by atoms with Gasteiger partial charge in [0.2, 0.25) is 0 Å².